The quantitative estimate of drug-likeness (QED) is 0.906. The van der Waals surface area contributed by atoms with Gasteiger partial charge in [0.25, 0.3) is 0 Å². The number of benzene rings is 2. The molecule has 20 heavy (non-hydrogen) atoms. The van der Waals surface area contributed by atoms with E-state index in [2.05, 4.69) is 11.4 Å². The number of ether oxygens (including phenoxy) is 1. The summed E-state index contributed by atoms with van der Waals surface area (Å²) in [5.74, 6) is 0.467. The van der Waals surface area contributed by atoms with E-state index < -0.39 is 0 Å². The second kappa shape index (κ2) is 6.58. The molecule has 2 aromatic carbocycles. The predicted octanol–water partition coefficient (Wildman–Crippen LogP) is 3.36. The van der Waals surface area contributed by atoms with Crippen LogP contribution in [0.5, 0.6) is 5.75 Å². The lowest BCUT2D eigenvalue weighted by Gasteiger charge is -2.10. The smallest absolute Gasteiger partial charge is 0.123 e. The summed E-state index contributed by atoms with van der Waals surface area (Å²) in [5, 5.41) is 12.3. The molecule has 0 fully saturated rings. The molecule has 0 aliphatic rings. The van der Waals surface area contributed by atoms with Crippen LogP contribution in [0.3, 0.4) is 0 Å². The third kappa shape index (κ3) is 3.48. The van der Waals surface area contributed by atoms with Crippen molar-refractivity contribution >= 4 is 5.69 Å². The summed E-state index contributed by atoms with van der Waals surface area (Å²) in [4.78, 5) is 0. The third-order valence-electron chi connectivity index (χ3n) is 2.99. The largest absolute Gasteiger partial charge is 0.497 e. The van der Waals surface area contributed by atoms with Gasteiger partial charge in [0.15, 0.2) is 0 Å². The van der Waals surface area contributed by atoms with Crippen LogP contribution >= 0.6 is 0 Å². The van der Waals surface area contributed by atoms with Crippen molar-refractivity contribution in [1.82, 2.24) is 0 Å². The van der Waals surface area contributed by atoms with Gasteiger partial charge in [0.1, 0.15) is 17.6 Å². The first-order valence-corrected chi connectivity index (χ1v) is 6.29. The average Bonchev–Trinajstić information content (AvgIpc) is 2.49. The van der Waals surface area contributed by atoms with Gasteiger partial charge in [-0.3, -0.25) is 0 Å². The first kappa shape index (κ1) is 13.9. The highest BCUT2D eigenvalue weighted by Gasteiger charge is 2.03. The van der Waals surface area contributed by atoms with Crippen molar-refractivity contribution in [3.8, 4) is 11.8 Å². The topological polar surface area (TPSA) is 45.0 Å². The molecular formula is C16H15FN2O. The number of nitriles is 1. The number of hydrogen-bond donors (Lipinski definition) is 1. The van der Waals surface area contributed by atoms with E-state index in [0.717, 1.165) is 17.7 Å². The normalized spacial score (nSPS) is 9.85. The average molecular weight is 270 g/mol. The van der Waals surface area contributed by atoms with Gasteiger partial charge in [-0.25, -0.2) is 4.39 Å². The van der Waals surface area contributed by atoms with Gasteiger partial charge in [0.2, 0.25) is 0 Å². The van der Waals surface area contributed by atoms with Crippen LogP contribution in [0.15, 0.2) is 42.5 Å². The Hall–Kier alpha value is -2.54. The van der Waals surface area contributed by atoms with E-state index in [9.17, 15) is 4.39 Å². The van der Waals surface area contributed by atoms with Crippen molar-refractivity contribution in [2.45, 2.75) is 6.42 Å². The minimum atomic E-state index is -0.235. The maximum Gasteiger partial charge on any atom is 0.123 e. The highest BCUT2D eigenvalue weighted by molar-refractivity contribution is 5.60. The van der Waals surface area contributed by atoms with Gasteiger partial charge in [-0.15, -0.1) is 0 Å². The molecular weight excluding hydrogens is 255 g/mol. The van der Waals surface area contributed by atoms with Gasteiger partial charge < -0.3 is 10.1 Å². The van der Waals surface area contributed by atoms with Crippen LogP contribution in [-0.4, -0.2) is 13.7 Å². The fraction of sp³-hybridized carbons (Fsp3) is 0.188. The first-order chi connectivity index (χ1) is 9.72. The van der Waals surface area contributed by atoms with Crippen LogP contribution in [0, 0.1) is 17.1 Å². The lowest BCUT2D eigenvalue weighted by molar-refractivity contribution is 0.415. The van der Waals surface area contributed by atoms with Crippen LogP contribution in [-0.2, 0) is 6.42 Å². The van der Waals surface area contributed by atoms with Crippen LogP contribution in [0.25, 0.3) is 0 Å². The van der Waals surface area contributed by atoms with Crippen molar-refractivity contribution < 1.29 is 9.13 Å². The monoisotopic (exact) mass is 270 g/mol. The summed E-state index contributed by atoms with van der Waals surface area (Å²) in [6, 6.07) is 13.8. The molecule has 0 atom stereocenters. The molecule has 0 saturated carbocycles. The van der Waals surface area contributed by atoms with E-state index in [4.69, 9.17) is 10.00 Å². The summed E-state index contributed by atoms with van der Waals surface area (Å²) in [5.41, 5.74) is 2.36. The summed E-state index contributed by atoms with van der Waals surface area (Å²) >= 11 is 0. The van der Waals surface area contributed by atoms with E-state index in [1.54, 1.807) is 37.4 Å². The van der Waals surface area contributed by atoms with Crippen molar-refractivity contribution in [2.75, 3.05) is 19.0 Å². The summed E-state index contributed by atoms with van der Waals surface area (Å²) < 4.78 is 17.9. The van der Waals surface area contributed by atoms with Crippen LogP contribution < -0.4 is 10.1 Å². The molecule has 0 amide bonds. The molecule has 2 aromatic rings. The second-order valence-electron chi connectivity index (χ2n) is 4.33. The molecule has 0 radical (unpaired) electrons. The van der Waals surface area contributed by atoms with E-state index in [1.807, 2.05) is 0 Å². The molecule has 0 unspecified atom stereocenters. The van der Waals surface area contributed by atoms with Gasteiger partial charge in [0.05, 0.1) is 18.4 Å². The Balaban J connectivity index is 2.00. The predicted molar refractivity (Wildman–Crippen MR) is 76.3 cm³/mol. The van der Waals surface area contributed by atoms with Crippen molar-refractivity contribution in [1.29, 1.82) is 5.26 Å². The molecule has 0 saturated heterocycles. The van der Waals surface area contributed by atoms with Gasteiger partial charge >= 0.3 is 0 Å². The molecule has 1 N–H and O–H groups in total. The Morgan fingerprint density at radius 1 is 1.20 bits per heavy atom. The lowest BCUT2D eigenvalue weighted by Crippen LogP contribution is -2.06. The Morgan fingerprint density at radius 2 is 1.95 bits per heavy atom. The molecule has 0 bridgehead atoms. The minimum Gasteiger partial charge on any atom is -0.497 e. The van der Waals surface area contributed by atoms with E-state index >= 15 is 0 Å². The van der Waals surface area contributed by atoms with E-state index in [-0.39, 0.29) is 5.82 Å². The number of hydrogen-bond acceptors (Lipinski definition) is 3. The van der Waals surface area contributed by atoms with Gasteiger partial charge in [-0.2, -0.15) is 5.26 Å². The Kier molecular flexibility index (Phi) is 4.56. The number of nitrogens with zero attached hydrogens (tertiary/aromatic N) is 1. The molecule has 0 aliphatic heterocycles. The third-order valence-corrected chi connectivity index (χ3v) is 2.99. The van der Waals surface area contributed by atoms with Crippen LogP contribution in [0.1, 0.15) is 11.1 Å². The lowest BCUT2D eigenvalue weighted by atomic mass is 10.1. The molecule has 0 aliphatic carbocycles. The molecule has 102 valence electrons. The maximum atomic E-state index is 12.8. The van der Waals surface area contributed by atoms with E-state index in [0.29, 0.717) is 17.9 Å². The zero-order chi connectivity index (χ0) is 14.4. The number of methoxy groups -OCH3 is 1. The number of halogens is 1. The van der Waals surface area contributed by atoms with Gasteiger partial charge in [-0.1, -0.05) is 12.1 Å². The zero-order valence-electron chi connectivity index (χ0n) is 11.2. The first-order valence-electron chi connectivity index (χ1n) is 6.29. The minimum absolute atomic E-state index is 0.235. The molecule has 0 spiro atoms. The Bertz CT molecular complexity index is 617. The molecule has 3 nitrogen and oxygen atoms in total. The summed E-state index contributed by atoms with van der Waals surface area (Å²) in [6.07, 6.45) is 0.752. The number of rotatable bonds is 5. The second-order valence-corrected chi connectivity index (χ2v) is 4.33. The molecule has 2 rings (SSSR count). The summed E-state index contributed by atoms with van der Waals surface area (Å²) in [6.45, 7) is 0.660. The van der Waals surface area contributed by atoms with Crippen LogP contribution in [0.4, 0.5) is 10.1 Å². The fourth-order valence-corrected chi connectivity index (χ4v) is 1.89. The zero-order valence-corrected chi connectivity index (χ0v) is 11.2. The van der Waals surface area contributed by atoms with E-state index in [1.165, 1.54) is 12.1 Å². The molecule has 0 aromatic heterocycles. The van der Waals surface area contributed by atoms with Crippen molar-refractivity contribution in [3.05, 3.63) is 59.4 Å². The van der Waals surface area contributed by atoms with Crippen molar-refractivity contribution in [2.24, 2.45) is 0 Å². The molecule has 4 heteroatoms. The number of anilines is 1. The SMILES string of the molecule is COc1ccc(C#N)c(NCCc2ccc(F)cc2)c1. The fourth-order valence-electron chi connectivity index (χ4n) is 1.89. The van der Waals surface area contributed by atoms with Gasteiger partial charge in [0, 0.05) is 12.6 Å². The highest BCUT2D eigenvalue weighted by atomic mass is 19.1. The molecule has 0 heterocycles. The number of nitrogens with one attached hydrogen (secondary N) is 1. The van der Waals surface area contributed by atoms with Gasteiger partial charge in [-0.05, 0) is 36.2 Å². The Morgan fingerprint density at radius 3 is 2.60 bits per heavy atom. The highest BCUT2D eigenvalue weighted by Crippen LogP contribution is 2.21. The summed E-state index contributed by atoms with van der Waals surface area (Å²) in [7, 11) is 1.59. The maximum absolute atomic E-state index is 12.8. The van der Waals surface area contributed by atoms with Crippen molar-refractivity contribution in [3.63, 3.8) is 0 Å². The Labute approximate surface area is 117 Å². The standard InChI is InChI=1S/C16H15FN2O/c1-20-15-7-4-13(11-18)16(10-15)19-9-8-12-2-5-14(17)6-3-12/h2-7,10,19H,8-9H2,1H3. The van der Waals surface area contributed by atoms with Crippen LogP contribution in [0.2, 0.25) is 0 Å².